The second-order valence-electron chi connectivity index (χ2n) is 5.75. The fraction of sp³-hybridized carbons (Fsp3) is 0.467. The number of likely N-dealkylation sites (tertiary alicyclic amines) is 2. The first-order valence-electron chi connectivity index (χ1n) is 6.77. The number of nitrogens with zero attached hydrogens (tertiary/aromatic N) is 3. The molecule has 2 heterocycles. The fourth-order valence-electron chi connectivity index (χ4n) is 3.29. The zero-order valence-electron chi connectivity index (χ0n) is 11.5. The Morgan fingerprint density at radius 3 is 2.80 bits per heavy atom. The van der Waals surface area contributed by atoms with E-state index < -0.39 is 0 Å². The van der Waals surface area contributed by atoms with Crippen LogP contribution in [0.25, 0.3) is 0 Å². The number of phenolic OH excluding ortho intramolecular Hbond substituents is 1. The molecule has 5 nitrogen and oxygen atoms in total. The molecule has 1 spiro atoms. The van der Waals surface area contributed by atoms with Gasteiger partial charge in [-0.3, -0.25) is 9.69 Å². The highest BCUT2D eigenvalue weighted by atomic mass is 16.3. The van der Waals surface area contributed by atoms with E-state index in [-0.39, 0.29) is 17.2 Å². The summed E-state index contributed by atoms with van der Waals surface area (Å²) in [6.07, 6.45) is 1.09. The van der Waals surface area contributed by atoms with E-state index in [0.717, 1.165) is 38.2 Å². The highest BCUT2D eigenvalue weighted by Gasteiger charge is 2.54. The highest BCUT2D eigenvalue weighted by molar-refractivity contribution is 5.75. The van der Waals surface area contributed by atoms with Crippen molar-refractivity contribution in [3.8, 4) is 11.8 Å². The predicted octanol–water partition coefficient (Wildman–Crippen LogP) is 1.07. The van der Waals surface area contributed by atoms with E-state index in [1.165, 1.54) is 0 Å². The van der Waals surface area contributed by atoms with Crippen LogP contribution in [0.1, 0.15) is 24.5 Å². The van der Waals surface area contributed by atoms with Crippen molar-refractivity contribution < 1.29 is 9.90 Å². The monoisotopic (exact) mass is 271 g/mol. The molecule has 2 saturated heterocycles. The SMILES string of the molecule is CC(=O)N1CCC12CN(Cc1ccc(O)c(C#N)c1)C2. The number of hydrogen-bond donors (Lipinski definition) is 1. The molecule has 1 aromatic rings. The molecule has 0 bridgehead atoms. The number of aromatic hydroxyl groups is 1. The van der Waals surface area contributed by atoms with Gasteiger partial charge in [-0.15, -0.1) is 0 Å². The maximum absolute atomic E-state index is 11.5. The van der Waals surface area contributed by atoms with Crippen LogP contribution < -0.4 is 0 Å². The molecule has 5 heteroatoms. The van der Waals surface area contributed by atoms with Crippen LogP contribution in [0.2, 0.25) is 0 Å². The van der Waals surface area contributed by atoms with Crippen molar-refractivity contribution in [2.24, 2.45) is 0 Å². The van der Waals surface area contributed by atoms with Gasteiger partial charge in [0.25, 0.3) is 0 Å². The van der Waals surface area contributed by atoms with Gasteiger partial charge in [-0.05, 0) is 24.1 Å². The average molecular weight is 271 g/mol. The summed E-state index contributed by atoms with van der Waals surface area (Å²) in [4.78, 5) is 15.7. The Bertz CT molecular complexity index is 600. The number of benzene rings is 1. The van der Waals surface area contributed by atoms with Crippen LogP contribution in [0.3, 0.4) is 0 Å². The lowest BCUT2D eigenvalue weighted by molar-refractivity contribution is -0.164. The van der Waals surface area contributed by atoms with E-state index in [2.05, 4.69) is 4.90 Å². The summed E-state index contributed by atoms with van der Waals surface area (Å²) in [6.45, 7) is 5.05. The smallest absolute Gasteiger partial charge is 0.219 e. The van der Waals surface area contributed by atoms with Gasteiger partial charge >= 0.3 is 0 Å². The van der Waals surface area contributed by atoms with E-state index in [4.69, 9.17) is 5.26 Å². The van der Waals surface area contributed by atoms with E-state index in [1.54, 1.807) is 19.1 Å². The number of phenols is 1. The second-order valence-corrected chi connectivity index (χ2v) is 5.75. The van der Waals surface area contributed by atoms with Gasteiger partial charge in [0.05, 0.1) is 11.1 Å². The summed E-state index contributed by atoms with van der Waals surface area (Å²) < 4.78 is 0. The molecule has 1 aromatic carbocycles. The zero-order chi connectivity index (χ0) is 14.3. The fourth-order valence-corrected chi connectivity index (χ4v) is 3.29. The lowest BCUT2D eigenvalue weighted by Crippen LogP contribution is -2.77. The first kappa shape index (κ1) is 12.9. The molecule has 2 aliphatic rings. The maximum Gasteiger partial charge on any atom is 0.219 e. The van der Waals surface area contributed by atoms with Crippen molar-refractivity contribution in [3.05, 3.63) is 29.3 Å². The van der Waals surface area contributed by atoms with E-state index >= 15 is 0 Å². The van der Waals surface area contributed by atoms with Crippen molar-refractivity contribution in [2.75, 3.05) is 19.6 Å². The number of amides is 1. The number of hydrogen-bond acceptors (Lipinski definition) is 4. The average Bonchev–Trinajstić information content (AvgIpc) is 2.32. The van der Waals surface area contributed by atoms with Gasteiger partial charge in [0.1, 0.15) is 11.8 Å². The third-order valence-corrected chi connectivity index (χ3v) is 4.38. The summed E-state index contributed by atoms with van der Waals surface area (Å²) in [6, 6.07) is 7.11. The van der Waals surface area contributed by atoms with Crippen LogP contribution in [-0.2, 0) is 11.3 Å². The summed E-state index contributed by atoms with van der Waals surface area (Å²) in [5.41, 5.74) is 1.40. The molecule has 2 fully saturated rings. The number of carbonyl (C=O) groups excluding carboxylic acids is 1. The van der Waals surface area contributed by atoms with Crippen molar-refractivity contribution in [1.82, 2.24) is 9.80 Å². The highest BCUT2D eigenvalue weighted by Crippen LogP contribution is 2.39. The Morgan fingerprint density at radius 2 is 2.25 bits per heavy atom. The van der Waals surface area contributed by atoms with E-state index in [9.17, 15) is 9.90 Å². The van der Waals surface area contributed by atoms with E-state index in [1.807, 2.05) is 17.0 Å². The van der Waals surface area contributed by atoms with Crippen LogP contribution in [0.15, 0.2) is 18.2 Å². The first-order chi connectivity index (χ1) is 9.54. The van der Waals surface area contributed by atoms with Crippen molar-refractivity contribution >= 4 is 5.91 Å². The zero-order valence-corrected chi connectivity index (χ0v) is 11.5. The summed E-state index contributed by atoms with van der Waals surface area (Å²) >= 11 is 0. The molecule has 1 N–H and O–H groups in total. The number of nitriles is 1. The molecule has 0 aliphatic carbocycles. The van der Waals surface area contributed by atoms with Crippen LogP contribution in [-0.4, -0.2) is 46.0 Å². The Kier molecular flexibility index (Phi) is 2.91. The van der Waals surface area contributed by atoms with Gasteiger partial charge in [-0.25, -0.2) is 0 Å². The number of carbonyl (C=O) groups is 1. The minimum atomic E-state index is 0.0260. The molecule has 0 radical (unpaired) electrons. The molecule has 2 aliphatic heterocycles. The van der Waals surface area contributed by atoms with Gasteiger partial charge in [-0.2, -0.15) is 5.26 Å². The van der Waals surface area contributed by atoms with Gasteiger partial charge in [-0.1, -0.05) is 6.07 Å². The molecule has 0 aromatic heterocycles. The third kappa shape index (κ3) is 1.93. The predicted molar refractivity (Wildman–Crippen MR) is 72.8 cm³/mol. The third-order valence-electron chi connectivity index (χ3n) is 4.38. The Labute approximate surface area is 118 Å². The lowest BCUT2D eigenvalue weighted by atomic mass is 9.77. The van der Waals surface area contributed by atoms with Crippen LogP contribution in [0, 0.1) is 11.3 Å². The van der Waals surface area contributed by atoms with Crippen molar-refractivity contribution in [2.45, 2.75) is 25.4 Å². The molecule has 104 valence electrons. The quantitative estimate of drug-likeness (QED) is 0.873. The van der Waals surface area contributed by atoms with Gasteiger partial charge < -0.3 is 10.0 Å². The normalized spacial score (nSPS) is 20.1. The van der Waals surface area contributed by atoms with Gasteiger partial charge in [0.2, 0.25) is 5.91 Å². The van der Waals surface area contributed by atoms with Crippen LogP contribution in [0.4, 0.5) is 0 Å². The Hall–Kier alpha value is -2.06. The van der Waals surface area contributed by atoms with E-state index in [0.29, 0.717) is 5.56 Å². The molecule has 0 unspecified atom stereocenters. The molecular weight excluding hydrogens is 254 g/mol. The molecule has 0 atom stereocenters. The lowest BCUT2D eigenvalue weighted by Gasteiger charge is -2.62. The first-order valence-corrected chi connectivity index (χ1v) is 6.77. The summed E-state index contributed by atoms with van der Waals surface area (Å²) in [7, 11) is 0. The topological polar surface area (TPSA) is 67.6 Å². The molecule has 20 heavy (non-hydrogen) atoms. The van der Waals surface area contributed by atoms with Crippen LogP contribution >= 0.6 is 0 Å². The minimum Gasteiger partial charge on any atom is -0.507 e. The Balaban J connectivity index is 1.62. The standard InChI is InChI=1S/C15H17N3O2/c1-11(19)18-5-4-15(18)9-17(10-15)8-12-2-3-14(20)13(6-12)7-16/h2-3,6,20H,4-5,8-10H2,1H3. The number of rotatable bonds is 2. The summed E-state index contributed by atoms with van der Waals surface area (Å²) in [5, 5.41) is 18.4. The maximum atomic E-state index is 11.5. The summed E-state index contributed by atoms with van der Waals surface area (Å²) in [5.74, 6) is 0.186. The molecular formula is C15H17N3O2. The molecule has 0 saturated carbocycles. The van der Waals surface area contributed by atoms with Crippen molar-refractivity contribution in [3.63, 3.8) is 0 Å². The molecule has 3 rings (SSSR count). The Morgan fingerprint density at radius 1 is 1.50 bits per heavy atom. The van der Waals surface area contributed by atoms with Gasteiger partial charge in [0, 0.05) is 33.1 Å². The van der Waals surface area contributed by atoms with Crippen LogP contribution in [0.5, 0.6) is 5.75 Å². The van der Waals surface area contributed by atoms with Crippen molar-refractivity contribution in [1.29, 1.82) is 5.26 Å². The minimum absolute atomic E-state index is 0.0260. The largest absolute Gasteiger partial charge is 0.507 e. The molecule has 1 amide bonds. The second kappa shape index (κ2) is 4.50. The van der Waals surface area contributed by atoms with Gasteiger partial charge in [0.15, 0.2) is 0 Å².